The molecule has 4 aromatic heterocycles. The monoisotopic (exact) mass is 429 g/mol. The fraction of sp³-hybridized carbons (Fsp3) is 0.150. The Hall–Kier alpha value is -4.61. The predicted molar refractivity (Wildman–Crippen MR) is 110 cm³/mol. The summed E-state index contributed by atoms with van der Waals surface area (Å²) in [7, 11) is 1.84. The Morgan fingerprint density at radius 1 is 1.22 bits per heavy atom. The van der Waals surface area contributed by atoms with Gasteiger partial charge in [0.25, 0.3) is 5.69 Å². The van der Waals surface area contributed by atoms with E-state index in [2.05, 4.69) is 30.4 Å². The Labute approximate surface area is 179 Å². The lowest BCUT2D eigenvalue weighted by Crippen LogP contribution is -2.14. The lowest BCUT2D eigenvalue weighted by Gasteiger charge is -2.24. The van der Waals surface area contributed by atoms with Gasteiger partial charge in [-0.3, -0.25) is 19.9 Å². The van der Waals surface area contributed by atoms with Gasteiger partial charge in [0, 0.05) is 36.1 Å². The molecule has 0 radical (unpaired) electrons. The van der Waals surface area contributed by atoms with Gasteiger partial charge in [-0.25, -0.2) is 14.5 Å². The van der Waals surface area contributed by atoms with Gasteiger partial charge in [-0.1, -0.05) is 12.1 Å². The van der Waals surface area contributed by atoms with Crippen LogP contribution in [0.2, 0.25) is 0 Å². The molecule has 5 aromatic rings. The van der Waals surface area contributed by atoms with Crippen LogP contribution in [0, 0.1) is 17.0 Å². The number of aromatic nitrogens is 8. The Morgan fingerprint density at radius 2 is 2.06 bits per heavy atom. The summed E-state index contributed by atoms with van der Waals surface area (Å²) in [5.74, 6) is 0.721. The number of benzene rings is 1. The van der Waals surface area contributed by atoms with Gasteiger partial charge in [0.2, 0.25) is 11.8 Å². The van der Waals surface area contributed by atoms with E-state index in [1.54, 1.807) is 29.1 Å². The molecule has 1 N–H and O–H groups in total. The van der Waals surface area contributed by atoms with Crippen molar-refractivity contribution in [3.63, 3.8) is 0 Å². The average Bonchev–Trinajstić information content (AvgIpc) is 3.50. The topological polar surface area (TPSA) is 142 Å². The van der Waals surface area contributed by atoms with E-state index in [0.29, 0.717) is 28.5 Å². The normalized spacial score (nSPS) is 14.8. The second-order valence-electron chi connectivity index (χ2n) is 7.49. The minimum absolute atomic E-state index is 0.0711. The minimum Gasteiger partial charge on any atom is -0.418 e. The fourth-order valence-corrected chi connectivity index (χ4v) is 4.12. The molecule has 12 heteroatoms. The number of ether oxygens (including phenoxy) is 1. The number of aromatic amines is 1. The van der Waals surface area contributed by atoms with Crippen molar-refractivity contribution in [2.75, 3.05) is 0 Å². The van der Waals surface area contributed by atoms with Crippen molar-refractivity contribution >= 4 is 11.3 Å². The maximum absolute atomic E-state index is 11.5. The number of hydrogen-bond acceptors (Lipinski definition) is 8. The number of nitrogens with zero attached hydrogens (tertiary/aromatic N) is 8. The van der Waals surface area contributed by atoms with Crippen LogP contribution in [0.4, 0.5) is 5.69 Å². The van der Waals surface area contributed by atoms with Crippen LogP contribution < -0.4 is 4.74 Å². The largest absolute Gasteiger partial charge is 0.418 e. The zero-order chi connectivity index (χ0) is 22.0. The van der Waals surface area contributed by atoms with Gasteiger partial charge in [0.15, 0.2) is 11.5 Å². The van der Waals surface area contributed by atoms with Gasteiger partial charge < -0.3 is 4.74 Å². The van der Waals surface area contributed by atoms with Gasteiger partial charge >= 0.3 is 0 Å². The van der Waals surface area contributed by atoms with Crippen LogP contribution in [-0.4, -0.2) is 44.5 Å². The maximum Gasteiger partial charge on any atom is 0.280 e. The predicted octanol–water partition coefficient (Wildman–Crippen LogP) is 2.75. The maximum atomic E-state index is 11.5. The number of nitro benzene ring substituents is 1. The number of hydrogen-bond donors (Lipinski definition) is 1. The van der Waals surface area contributed by atoms with E-state index < -0.39 is 4.92 Å². The van der Waals surface area contributed by atoms with Crippen molar-refractivity contribution in [3.05, 3.63) is 75.5 Å². The van der Waals surface area contributed by atoms with Crippen LogP contribution in [0.5, 0.6) is 11.8 Å². The van der Waals surface area contributed by atoms with E-state index in [1.807, 2.05) is 20.2 Å². The summed E-state index contributed by atoms with van der Waals surface area (Å²) in [6.07, 6.45) is 5.17. The van der Waals surface area contributed by atoms with Crippen molar-refractivity contribution < 1.29 is 9.66 Å². The molecule has 0 bridgehead atoms. The first-order chi connectivity index (χ1) is 15.5. The van der Waals surface area contributed by atoms with Crippen LogP contribution >= 0.6 is 0 Å². The third-order valence-electron chi connectivity index (χ3n) is 5.52. The van der Waals surface area contributed by atoms with E-state index in [1.165, 1.54) is 16.9 Å². The number of fused-ring (bicyclic) bond motifs is 4. The summed E-state index contributed by atoms with van der Waals surface area (Å²) in [6.45, 7) is 1.92. The zero-order valence-electron chi connectivity index (χ0n) is 16.9. The van der Waals surface area contributed by atoms with Gasteiger partial charge in [-0.05, 0) is 13.0 Å². The van der Waals surface area contributed by atoms with Gasteiger partial charge in [-0.15, -0.1) is 10.2 Å². The van der Waals surface area contributed by atoms with Crippen molar-refractivity contribution in [1.29, 1.82) is 0 Å². The fourth-order valence-electron chi connectivity index (χ4n) is 4.12. The molecule has 0 saturated heterocycles. The summed E-state index contributed by atoms with van der Waals surface area (Å²) in [5.41, 5.74) is 4.05. The van der Waals surface area contributed by atoms with E-state index >= 15 is 0 Å². The highest BCUT2D eigenvalue weighted by Crippen LogP contribution is 2.48. The third-order valence-corrected chi connectivity index (χ3v) is 5.52. The van der Waals surface area contributed by atoms with Gasteiger partial charge in [0.1, 0.15) is 6.33 Å². The Morgan fingerprint density at radius 3 is 2.84 bits per heavy atom. The molecule has 1 atom stereocenters. The highest BCUT2D eigenvalue weighted by Gasteiger charge is 2.37. The second kappa shape index (κ2) is 6.44. The molecule has 5 heterocycles. The molecule has 158 valence electrons. The molecular formula is C20H15N9O3. The van der Waals surface area contributed by atoms with Crippen LogP contribution in [-0.2, 0) is 7.05 Å². The minimum atomic E-state index is -0.447. The molecule has 1 aliphatic heterocycles. The van der Waals surface area contributed by atoms with E-state index in [-0.39, 0.29) is 17.4 Å². The SMILES string of the molecule is Cc1[nH]nc2c1[C@@H](c1cnn(C)c1)c1c(ncn3nc(-c4ccccc4[N+](=O)[O-])nc13)O2. The lowest BCUT2D eigenvalue weighted by atomic mass is 9.86. The van der Waals surface area contributed by atoms with Gasteiger partial charge in [0.05, 0.1) is 28.2 Å². The quantitative estimate of drug-likeness (QED) is 0.334. The summed E-state index contributed by atoms with van der Waals surface area (Å²) in [4.78, 5) is 20.2. The van der Waals surface area contributed by atoms with Crippen LogP contribution in [0.3, 0.4) is 0 Å². The number of nitro groups is 1. The van der Waals surface area contributed by atoms with Crippen molar-refractivity contribution in [2.45, 2.75) is 12.8 Å². The van der Waals surface area contributed by atoms with Crippen molar-refractivity contribution in [2.24, 2.45) is 7.05 Å². The molecule has 12 nitrogen and oxygen atoms in total. The molecule has 1 aliphatic rings. The highest BCUT2D eigenvalue weighted by molar-refractivity contribution is 5.72. The molecule has 0 spiro atoms. The summed E-state index contributed by atoms with van der Waals surface area (Å²) in [5, 5.41) is 27.6. The van der Waals surface area contributed by atoms with E-state index in [9.17, 15) is 10.1 Å². The Balaban J connectivity index is 1.62. The first-order valence-electron chi connectivity index (χ1n) is 9.71. The van der Waals surface area contributed by atoms with Crippen molar-refractivity contribution in [3.8, 4) is 23.1 Å². The molecule has 32 heavy (non-hydrogen) atoms. The van der Waals surface area contributed by atoms with E-state index in [0.717, 1.165) is 16.8 Å². The molecule has 0 aliphatic carbocycles. The summed E-state index contributed by atoms with van der Waals surface area (Å²) >= 11 is 0. The molecule has 0 unspecified atom stereocenters. The number of para-hydroxylation sites is 1. The molecule has 1 aromatic carbocycles. The standard InChI is InChI=1S/C20H15N9O3/c1-10-14-15(11-7-22-27(2)8-11)16-18-23-17(12-5-3-4-6-13(12)29(30)31)26-28(18)9-21-19(16)32-20(14)25-24-10/h3-9,15H,1-2H3,(H,24,25)/t15-/m1/s1. The van der Waals surface area contributed by atoms with Crippen LogP contribution in [0.15, 0.2) is 43.0 Å². The zero-order valence-corrected chi connectivity index (χ0v) is 16.9. The molecule has 0 fully saturated rings. The molecule has 6 rings (SSSR count). The third kappa shape index (κ3) is 2.52. The summed E-state index contributed by atoms with van der Waals surface area (Å²) < 4.78 is 9.20. The Bertz CT molecular complexity index is 1530. The highest BCUT2D eigenvalue weighted by atomic mass is 16.6. The first kappa shape index (κ1) is 18.2. The summed E-state index contributed by atoms with van der Waals surface area (Å²) in [6, 6.07) is 6.37. The van der Waals surface area contributed by atoms with Crippen molar-refractivity contribution in [1.82, 2.24) is 39.6 Å². The molecule has 0 saturated carbocycles. The number of nitrogens with one attached hydrogen (secondary N) is 1. The molecular weight excluding hydrogens is 414 g/mol. The average molecular weight is 429 g/mol. The number of aryl methyl sites for hydroxylation is 2. The lowest BCUT2D eigenvalue weighted by molar-refractivity contribution is -0.384. The smallest absolute Gasteiger partial charge is 0.280 e. The second-order valence-corrected chi connectivity index (χ2v) is 7.49. The van der Waals surface area contributed by atoms with E-state index in [4.69, 9.17) is 4.74 Å². The first-order valence-corrected chi connectivity index (χ1v) is 9.71. The number of H-pyrrole nitrogens is 1. The number of rotatable bonds is 3. The van der Waals surface area contributed by atoms with Crippen LogP contribution in [0.25, 0.3) is 17.0 Å². The Kier molecular flexibility index (Phi) is 3.66. The van der Waals surface area contributed by atoms with Crippen LogP contribution in [0.1, 0.15) is 28.3 Å². The molecule has 0 amide bonds. The van der Waals surface area contributed by atoms with Gasteiger partial charge in [-0.2, -0.15) is 5.10 Å².